The van der Waals surface area contributed by atoms with Crippen molar-refractivity contribution in [2.75, 3.05) is 61.4 Å². The molecular formula is C50H58N4O8S2. The van der Waals surface area contributed by atoms with E-state index in [0.29, 0.717) is 52.3 Å². The summed E-state index contributed by atoms with van der Waals surface area (Å²) in [6.45, 7) is 14.3. The summed E-state index contributed by atoms with van der Waals surface area (Å²) < 4.78 is 64.3. The van der Waals surface area contributed by atoms with E-state index in [1.807, 2.05) is 13.0 Å². The van der Waals surface area contributed by atoms with Gasteiger partial charge in [0.05, 0.1) is 25.4 Å². The maximum atomic E-state index is 12.8. The van der Waals surface area contributed by atoms with E-state index in [4.69, 9.17) is 4.74 Å². The normalized spacial score (nSPS) is 20.4. The van der Waals surface area contributed by atoms with Gasteiger partial charge in [-0.1, -0.05) is 101 Å². The Hall–Kier alpha value is -5.54. The molecule has 1 saturated heterocycles. The van der Waals surface area contributed by atoms with Gasteiger partial charge in [-0.3, -0.25) is 9.45 Å². The van der Waals surface area contributed by atoms with E-state index < -0.39 is 25.8 Å². The van der Waals surface area contributed by atoms with Crippen molar-refractivity contribution >= 4 is 70.5 Å². The zero-order valence-corrected chi connectivity index (χ0v) is 38.9. The van der Waals surface area contributed by atoms with Crippen molar-refractivity contribution in [3.8, 4) is 0 Å². The predicted octanol–water partition coefficient (Wildman–Crippen LogP) is 8.40. The van der Waals surface area contributed by atoms with Gasteiger partial charge in [-0.25, -0.2) is 9.37 Å². The van der Waals surface area contributed by atoms with Gasteiger partial charge in [0.1, 0.15) is 0 Å². The van der Waals surface area contributed by atoms with Crippen molar-refractivity contribution in [2.24, 2.45) is 0 Å². The fraction of sp³-hybridized carbons (Fsp3) is 0.380. The molecule has 0 unspecified atom stereocenters. The Bertz CT molecular complexity index is 2910. The van der Waals surface area contributed by atoms with Gasteiger partial charge >= 0.3 is 6.09 Å². The standard InChI is InChI=1S/C50H56N4O7S2.H2O/c1-6-61-48(55)52-31-29-51(30-32-52)47-37(21-25-43-49(2,3)45-39-15-9-7-13-35(39)19-23-41(45)53(43)27-11-33-62(56)57)17-18-38(47)22-26-44-50(4,5)46-40-16-10-8-14-36(40)20-24-42(46)54(44)28-12-34-63(58,59)60;/h7-10,13-16,19-26,33H,6,11-12,17-18,27-32,34H2,1-5H3;1H2. The summed E-state index contributed by atoms with van der Waals surface area (Å²) in [7, 11) is -6.39. The third-order valence-corrected chi connectivity index (χ3v) is 14.5. The van der Waals surface area contributed by atoms with E-state index in [-0.39, 0.29) is 29.2 Å². The van der Waals surface area contributed by atoms with Gasteiger partial charge in [0.25, 0.3) is 10.1 Å². The number of anilines is 2. The number of hydrogen-bond donors (Lipinski definition) is 1. The van der Waals surface area contributed by atoms with Gasteiger partial charge in [-0.05, 0) is 89.6 Å². The molecule has 64 heavy (non-hydrogen) atoms. The van der Waals surface area contributed by atoms with Crippen LogP contribution < -0.4 is 9.80 Å². The minimum absolute atomic E-state index is 0. The number of piperazine rings is 1. The molecule has 1 aliphatic carbocycles. The van der Waals surface area contributed by atoms with Crippen molar-refractivity contribution in [1.82, 2.24) is 4.90 Å². The van der Waals surface area contributed by atoms with Crippen LogP contribution in [0.4, 0.5) is 16.2 Å². The molecule has 0 spiro atoms. The number of allylic oxidation sites excluding steroid dienone is 8. The molecule has 0 radical (unpaired) electrons. The third kappa shape index (κ3) is 8.93. The molecule has 3 aliphatic heterocycles. The van der Waals surface area contributed by atoms with Crippen LogP contribution in [0.15, 0.2) is 120 Å². The Morgan fingerprint density at radius 2 is 1.27 bits per heavy atom. The van der Waals surface area contributed by atoms with E-state index in [1.54, 1.807) is 4.90 Å². The second kappa shape index (κ2) is 18.5. The first-order valence-electron chi connectivity index (χ1n) is 21.9. The lowest BCUT2D eigenvalue weighted by molar-refractivity contribution is -0.537. The number of ether oxygens (including phenoxy) is 1. The van der Waals surface area contributed by atoms with Crippen LogP contribution in [-0.4, -0.2) is 105 Å². The maximum absolute atomic E-state index is 12.8. The lowest BCUT2D eigenvalue weighted by Crippen LogP contribution is -2.47. The van der Waals surface area contributed by atoms with Gasteiger partial charge < -0.3 is 20.0 Å². The first-order chi connectivity index (χ1) is 30.1. The first-order valence-corrected chi connectivity index (χ1v) is 24.7. The summed E-state index contributed by atoms with van der Waals surface area (Å²) in [6.07, 6.45) is 10.9. The van der Waals surface area contributed by atoms with Crippen molar-refractivity contribution in [1.29, 1.82) is 0 Å². The summed E-state index contributed by atoms with van der Waals surface area (Å²) in [5.41, 5.74) is 9.36. The number of carbonyl (C=O) groups excluding carboxylic acids is 1. The molecule has 8 rings (SSSR count). The molecule has 2 fully saturated rings. The van der Waals surface area contributed by atoms with Crippen molar-refractivity contribution in [2.45, 2.75) is 71.1 Å². The number of fused-ring (bicyclic) bond motifs is 6. The monoisotopic (exact) mass is 906 g/mol. The zero-order valence-electron chi connectivity index (χ0n) is 37.2. The number of hydrogen-bond acceptors (Lipinski definition) is 9. The van der Waals surface area contributed by atoms with E-state index in [1.165, 1.54) is 33.0 Å². The number of rotatable bonds is 10. The summed E-state index contributed by atoms with van der Waals surface area (Å²) in [4.78, 5) is 19.0. The fourth-order valence-corrected chi connectivity index (χ4v) is 11.2. The van der Waals surface area contributed by atoms with Crippen LogP contribution >= 0.6 is 0 Å². The van der Waals surface area contributed by atoms with Gasteiger partial charge in [0, 0.05) is 63.2 Å². The average molecular weight is 907 g/mol. The molecule has 0 atom stereocenters. The molecule has 4 aliphatic rings. The molecule has 338 valence electrons. The fourth-order valence-electron chi connectivity index (χ4n) is 10.4. The third-order valence-electron chi connectivity index (χ3n) is 13.2. The van der Waals surface area contributed by atoms with Gasteiger partial charge in [0.15, 0.2) is 13.1 Å². The van der Waals surface area contributed by atoms with Gasteiger partial charge in [-0.15, -0.1) is 0 Å². The Balaban J connectivity index is 0.00000612. The minimum atomic E-state index is -4.13. The van der Waals surface area contributed by atoms with Crippen LogP contribution in [0.2, 0.25) is 0 Å². The minimum Gasteiger partial charge on any atom is -0.870 e. The lowest BCUT2D eigenvalue weighted by Gasteiger charge is -2.27. The number of carbonyl (C=O) groups is 1. The van der Waals surface area contributed by atoms with Crippen LogP contribution in [0.1, 0.15) is 71.4 Å². The van der Waals surface area contributed by atoms with Crippen molar-refractivity contribution < 1.29 is 41.0 Å². The maximum Gasteiger partial charge on any atom is 0.410 e. The van der Waals surface area contributed by atoms with Crippen LogP contribution in [-0.2, 0) is 36.0 Å². The SMILES string of the molecule is CCOC(=O)N1CC[N+](=C2C(=CC=C3N(CCCS(=O)(=O)O)c4ccc5ccccc5c4C3(C)C)CC/C2=C\C=C2/N(CCC=S(=O)=O)c3ccc4ccccc4c3C2(C)C)CC1.[OH-]. The summed E-state index contributed by atoms with van der Waals surface area (Å²) in [6, 6.07) is 25.3. The van der Waals surface area contributed by atoms with Crippen LogP contribution in [0.25, 0.3) is 21.5 Å². The smallest absolute Gasteiger partial charge is 0.410 e. The number of amides is 1. The number of nitrogens with zero attached hydrogens (tertiary/aromatic N) is 4. The Kier molecular flexibility index (Phi) is 13.4. The highest BCUT2D eigenvalue weighted by atomic mass is 32.2. The molecule has 0 aromatic heterocycles. The molecule has 1 amide bonds. The Morgan fingerprint density at radius 1 is 0.766 bits per heavy atom. The van der Waals surface area contributed by atoms with E-state index in [0.717, 1.165) is 57.5 Å². The van der Waals surface area contributed by atoms with E-state index in [9.17, 15) is 26.2 Å². The molecule has 14 heteroatoms. The Morgan fingerprint density at radius 3 is 1.75 bits per heavy atom. The molecule has 0 bridgehead atoms. The van der Waals surface area contributed by atoms with Gasteiger partial charge in [-0.2, -0.15) is 16.8 Å². The highest BCUT2D eigenvalue weighted by Crippen LogP contribution is 2.52. The van der Waals surface area contributed by atoms with E-state index >= 15 is 0 Å². The largest absolute Gasteiger partial charge is 0.870 e. The molecule has 12 nitrogen and oxygen atoms in total. The molecular weight excluding hydrogens is 849 g/mol. The quantitative estimate of drug-likeness (QED) is 0.0931. The highest BCUT2D eigenvalue weighted by molar-refractivity contribution is 7.85. The van der Waals surface area contributed by atoms with Gasteiger partial charge in [0.2, 0.25) is 16.0 Å². The summed E-state index contributed by atoms with van der Waals surface area (Å²) >= 11 is 0. The summed E-state index contributed by atoms with van der Waals surface area (Å²) in [5.74, 6) is -0.327. The summed E-state index contributed by atoms with van der Waals surface area (Å²) in [5, 5.41) is 5.96. The zero-order chi connectivity index (χ0) is 44.7. The van der Waals surface area contributed by atoms with E-state index in [2.05, 4.69) is 133 Å². The second-order valence-corrected chi connectivity index (χ2v) is 20.2. The topological polar surface area (TPSA) is 158 Å². The number of benzene rings is 4. The Labute approximate surface area is 378 Å². The molecule has 4 aromatic carbocycles. The van der Waals surface area contributed by atoms with Crippen LogP contribution in [0.5, 0.6) is 0 Å². The molecule has 4 aromatic rings. The van der Waals surface area contributed by atoms with Crippen molar-refractivity contribution in [3.63, 3.8) is 0 Å². The van der Waals surface area contributed by atoms with Crippen LogP contribution in [0.3, 0.4) is 0 Å². The predicted molar refractivity (Wildman–Crippen MR) is 256 cm³/mol. The lowest BCUT2D eigenvalue weighted by atomic mass is 9.81. The highest BCUT2D eigenvalue weighted by Gasteiger charge is 2.43. The van der Waals surface area contributed by atoms with Crippen molar-refractivity contribution in [3.05, 3.63) is 131 Å². The molecule has 3 heterocycles. The molecule has 2 N–H and O–H groups in total. The average Bonchev–Trinajstić information content (AvgIpc) is 3.82. The van der Waals surface area contributed by atoms with Crippen LogP contribution in [0, 0.1) is 0 Å². The first kappa shape index (κ1) is 46.5. The second-order valence-electron chi connectivity index (χ2n) is 17.8. The molecule has 1 saturated carbocycles.